The van der Waals surface area contributed by atoms with Crippen LogP contribution in [-0.2, 0) is 6.16 Å². The fraction of sp³-hybridized carbons (Fsp3) is 0.0227. The largest absolute Gasteiger partial charge is 0.159 e. The minimum absolute atomic E-state index is 0.960. The molecule has 0 atom stereocenters. The van der Waals surface area contributed by atoms with Crippen LogP contribution in [0.2, 0.25) is 0 Å². The summed E-state index contributed by atoms with van der Waals surface area (Å²) in [5, 5.41) is 8.30. The average molecular weight is 628 g/mol. The van der Waals surface area contributed by atoms with Gasteiger partial charge in [0.1, 0.15) is 23.2 Å². The monoisotopic (exact) mass is 627 g/mol. The van der Waals surface area contributed by atoms with E-state index >= 15 is 0 Å². The summed E-state index contributed by atoms with van der Waals surface area (Å²) in [6.45, 7) is 0. The van der Waals surface area contributed by atoms with Crippen LogP contribution in [0, 0.1) is 6.16 Å². The van der Waals surface area contributed by atoms with E-state index in [9.17, 15) is 0 Å². The van der Waals surface area contributed by atoms with E-state index in [1.807, 2.05) is 0 Å². The first-order chi connectivity index (χ1) is 22.8. The molecule has 0 aromatic heterocycles. The maximum absolute atomic E-state index is 2.56. The van der Waals surface area contributed by atoms with Crippen LogP contribution in [0.1, 0.15) is 11.1 Å². The van der Waals surface area contributed by atoms with E-state index in [0.29, 0.717) is 0 Å². The Kier molecular flexibility index (Phi) is 8.94. The molecule has 0 radical (unpaired) electrons. The summed E-state index contributed by atoms with van der Waals surface area (Å²) in [5.41, 5.74) is 2.60. The van der Waals surface area contributed by atoms with Crippen molar-refractivity contribution in [2.24, 2.45) is 0 Å². The Hall–Kier alpha value is -4.73. The Labute approximate surface area is 275 Å². The van der Waals surface area contributed by atoms with Gasteiger partial charge in [-0.1, -0.05) is 109 Å². The number of hydrogen-bond donors (Lipinski definition) is 0. The molecule has 7 aromatic carbocycles. The number of benzene rings is 7. The Morgan fingerprint density at radius 2 is 0.587 bits per heavy atom. The molecule has 0 aliphatic rings. The molecule has 7 rings (SSSR count). The van der Waals surface area contributed by atoms with Crippen molar-refractivity contribution in [3.05, 3.63) is 224 Å². The molecule has 2 heteroatoms. The van der Waals surface area contributed by atoms with Crippen LogP contribution in [0.4, 0.5) is 0 Å². The predicted octanol–water partition coefficient (Wildman–Crippen LogP) is 8.68. The van der Waals surface area contributed by atoms with Crippen LogP contribution in [0.25, 0.3) is 0 Å². The molecule has 0 heterocycles. The second-order valence-electron chi connectivity index (χ2n) is 11.6. The highest BCUT2D eigenvalue weighted by Crippen LogP contribution is 2.60. The Balaban J connectivity index is 1.33. The van der Waals surface area contributed by atoms with Crippen molar-refractivity contribution in [3.8, 4) is 0 Å². The highest BCUT2D eigenvalue weighted by molar-refractivity contribution is 7.97. The molecule has 222 valence electrons. The van der Waals surface area contributed by atoms with Crippen molar-refractivity contribution < 1.29 is 0 Å². The standard InChI is InChI=1S/C44H37P2/c1-7-19-39(20-8-1)45(40-21-9-2-10-22-40,41-23-11-3-12-24-41)35-37-31-33-38(34-32-37)36-46(42-25-13-4-14-26-42,43-27-15-5-16-28-43)44-29-17-6-18-30-44/h1-35H,36H2/q+1. The highest BCUT2D eigenvalue weighted by atomic mass is 31.2. The van der Waals surface area contributed by atoms with E-state index in [0.717, 1.165) is 6.16 Å². The van der Waals surface area contributed by atoms with Gasteiger partial charge in [-0.05, 0) is 84.5 Å². The fourth-order valence-electron chi connectivity index (χ4n) is 6.64. The SMILES string of the molecule is c1ccc([P+]([CH-]c2ccc(C[P+](c3ccccc3)(c3ccccc3)c3ccccc3)cc2)(c2ccccc2)c2ccccc2)cc1. The predicted molar refractivity (Wildman–Crippen MR) is 204 cm³/mol. The summed E-state index contributed by atoms with van der Waals surface area (Å²) in [6.07, 6.45) is 3.52. The van der Waals surface area contributed by atoms with Gasteiger partial charge in [0, 0.05) is 0 Å². The average Bonchev–Trinajstić information content (AvgIpc) is 3.16. The van der Waals surface area contributed by atoms with Gasteiger partial charge in [-0.15, -0.1) is 12.1 Å². The smallest absolute Gasteiger partial charge is 0.116 e. The van der Waals surface area contributed by atoms with E-state index in [4.69, 9.17) is 0 Å². The summed E-state index contributed by atoms with van der Waals surface area (Å²) in [5.74, 6) is 0. The lowest BCUT2D eigenvalue weighted by atomic mass is 10.2. The molecule has 0 amide bonds. The van der Waals surface area contributed by atoms with Crippen LogP contribution in [-0.4, -0.2) is 0 Å². The molecule has 0 fully saturated rings. The number of rotatable bonds is 10. The second-order valence-corrected chi connectivity index (χ2v) is 18.3. The van der Waals surface area contributed by atoms with Crippen molar-refractivity contribution in [3.63, 3.8) is 0 Å². The molecule has 0 nitrogen and oxygen atoms in total. The lowest BCUT2D eigenvalue weighted by molar-refractivity contribution is 1.37. The van der Waals surface area contributed by atoms with Crippen molar-refractivity contribution >= 4 is 46.4 Å². The van der Waals surface area contributed by atoms with Gasteiger partial charge < -0.3 is 0 Å². The van der Waals surface area contributed by atoms with Gasteiger partial charge in [-0.25, -0.2) is 0 Å². The summed E-state index contributed by atoms with van der Waals surface area (Å²) < 4.78 is 0. The first-order valence-corrected chi connectivity index (χ1v) is 19.7. The third kappa shape index (κ3) is 5.84. The van der Waals surface area contributed by atoms with E-state index < -0.39 is 14.5 Å². The fourth-order valence-corrected chi connectivity index (χ4v) is 14.8. The molecule has 0 aliphatic carbocycles. The first-order valence-electron chi connectivity index (χ1n) is 15.8. The van der Waals surface area contributed by atoms with E-state index in [-0.39, 0.29) is 0 Å². The molecule has 46 heavy (non-hydrogen) atoms. The zero-order valence-electron chi connectivity index (χ0n) is 25.8. The topological polar surface area (TPSA) is 0 Å². The summed E-state index contributed by atoms with van der Waals surface area (Å²) >= 11 is 0. The van der Waals surface area contributed by atoms with Crippen LogP contribution in [0.5, 0.6) is 0 Å². The summed E-state index contributed by atoms with van der Waals surface area (Å²) in [7, 11) is -4.07. The molecule has 0 bridgehead atoms. The lowest BCUT2D eigenvalue weighted by Crippen LogP contribution is -2.32. The molecule has 0 N–H and O–H groups in total. The van der Waals surface area contributed by atoms with Crippen molar-refractivity contribution in [2.45, 2.75) is 6.16 Å². The molecule has 7 aromatic rings. The highest BCUT2D eigenvalue weighted by Gasteiger charge is 2.45. The molecule has 0 unspecified atom stereocenters. The zero-order chi connectivity index (χ0) is 31.1. The van der Waals surface area contributed by atoms with Gasteiger partial charge in [0.25, 0.3) is 0 Å². The Morgan fingerprint density at radius 1 is 0.304 bits per heavy atom. The van der Waals surface area contributed by atoms with Crippen molar-refractivity contribution in [1.29, 1.82) is 0 Å². The van der Waals surface area contributed by atoms with Crippen LogP contribution in [0.15, 0.2) is 206 Å². The van der Waals surface area contributed by atoms with Crippen molar-refractivity contribution in [2.75, 3.05) is 0 Å². The third-order valence-corrected chi connectivity index (χ3v) is 17.2. The quantitative estimate of drug-likeness (QED) is 0.105. The van der Waals surface area contributed by atoms with Gasteiger partial charge in [0.15, 0.2) is 0 Å². The van der Waals surface area contributed by atoms with Gasteiger partial charge in [0.05, 0.1) is 29.3 Å². The molecule has 0 aliphatic heterocycles. The number of hydrogen-bond acceptors (Lipinski definition) is 0. The minimum Gasteiger partial charge on any atom is -0.159 e. The summed E-state index contributed by atoms with van der Waals surface area (Å²) in [6, 6.07) is 76.1. The van der Waals surface area contributed by atoms with Gasteiger partial charge in [-0.3, -0.25) is 0 Å². The van der Waals surface area contributed by atoms with E-state index in [2.05, 4.69) is 212 Å². The van der Waals surface area contributed by atoms with Gasteiger partial charge >= 0.3 is 0 Å². The normalized spacial score (nSPS) is 11.6. The van der Waals surface area contributed by atoms with Gasteiger partial charge in [-0.2, -0.15) is 17.7 Å². The van der Waals surface area contributed by atoms with Crippen LogP contribution < -0.4 is 31.8 Å². The molecular formula is C44H37P2+. The minimum atomic E-state index is -2.09. The zero-order valence-corrected chi connectivity index (χ0v) is 27.6. The molecule has 0 spiro atoms. The summed E-state index contributed by atoms with van der Waals surface area (Å²) in [4.78, 5) is 0. The molecule has 0 saturated heterocycles. The van der Waals surface area contributed by atoms with Gasteiger partial charge in [0.2, 0.25) is 0 Å². The first kappa shape index (κ1) is 30.0. The van der Waals surface area contributed by atoms with Crippen LogP contribution in [0.3, 0.4) is 0 Å². The lowest BCUT2D eigenvalue weighted by Gasteiger charge is -2.31. The maximum Gasteiger partial charge on any atom is 0.116 e. The third-order valence-electron chi connectivity index (χ3n) is 8.82. The van der Waals surface area contributed by atoms with E-state index in [1.54, 1.807) is 0 Å². The maximum atomic E-state index is 2.56. The van der Waals surface area contributed by atoms with E-state index in [1.165, 1.54) is 43.0 Å². The Bertz CT molecular complexity index is 1600. The molecule has 0 saturated carbocycles. The molecular weight excluding hydrogens is 590 g/mol. The van der Waals surface area contributed by atoms with Crippen LogP contribution >= 0.6 is 14.5 Å². The van der Waals surface area contributed by atoms with Crippen molar-refractivity contribution in [1.82, 2.24) is 0 Å². The Morgan fingerprint density at radius 3 is 0.891 bits per heavy atom. The second kappa shape index (κ2) is 13.7.